The fraction of sp³-hybridized carbons (Fsp3) is 0.455. The Morgan fingerprint density at radius 2 is 2.29 bits per heavy atom. The van der Waals surface area contributed by atoms with Gasteiger partial charge in [-0.05, 0) is 6.42 Å². The van der Waals surface area contributed by atoms with Gasteiger partial charge in [-0.2, -0.15) is 0 Å². The molecule has 1 aromatic heterocycles. The number of nitrogens with zero attached hydrogens (tertiary/aromatic N) is 1. The number of primary amides is 1. The summed E-state index contributed by atoms with van der Waals surface area (Å²) in [5.41, 5.74) is 5.50. The lowest BCUT2D eigenvalue weighted by molar-refractivity contribution is -0.118. The summed E-state index contributed by atoms with van der Waals surface area (Å²) in [7, 11) is 1.79. The van der Waals surface area contributed by atoms with E-state index < -0.39 is 0 Å². The molecule has 17 heavy (non-hydrogen) atoms. The molecule has 0 aliphatic heterocycles. The molecule has 0 unspecified atom stereocenters. The topological polar surface area (TPSA) is 74.3 Å². The Morgan fingerprint density at radius 3 is 2.88 bits per heavy atom. The van der Waals surface area contributed by atoms with Crippen LogP contribution < -0.4 is 15.9 Å². The summed E-state index contributed by atoms with van der Waals surface area (Å²) in [6.07, 6.45) is 2.33. The Morgan fingerprint density at radius 1 is 1.59 bits per heavy atom. The Bertz CT molecular complexity index is 457. The number of amides is 1. The SMILES string of the molecule is Cn1cc(OCCCC(N)=O)c(=O)cc1CCl. The number of hydrogen-bond acceptors (Lipinski definition) is 3. The molecular weight excluding hydrogens is 244 g/mol. The molecule has 1 aromatic rings. The van der Waals surface area contributed by atoms with E-state index in [-0.39, 0.29) is 29.4 Å². The van der Waals surface area contributed by atoms with Crippen molar-refractivity contribution in [2.45, 2.75) is 18.7 Å². The highest BCUT2D eigenvalue weighted by atomic mass is 35.5. The minimum absolute atomic E-state index is 0.210. The number of carbonyl (C=O) groups excluding carboxylic acids is 1. The van der Waals surface area contributed by atoms with Crippen molar-refractivity contribution in [3.8, 4) is 5.75 Å². The van der Waals surface area contributed by atoms with Crippen LogP contribution in [0.2, 0.25) is 0 Å². The molecule has 94 valence electrons. The molecule has 0 saturated carbocycles. The lowest BCUT2D eigenvalue weighted by atomic mass is 10.3. The summed E-state index contributed by atoms with van der Waals surface area (Å²) in [6, 6.07) is 1.44. The molecule has 0 saturated heterocycles. The smallest absolute Gasteiger partial charge is 0.223 e. The van der Waals surface area contributed by atoms with Gasteiger partial charge in [0.1, 0.15) is 0 Å². The highest BCUT2D eigenvalue weighted by Crippen LogP contribution is 2.07. The van der Waals surface area contributed by atoms with Gasteiger partial charge in [0.05, 0.1) is 18.7 Å². The number of nitrogens with two attached hydrogens (primary N) is 1. The van der Waals surface area contributed by atoms with Crippen molar-refractivity contribution >= 4 is 17.5 Å². The van der Waals surface area contributed by atoms with Crippen molar-refractivity contribution in [1.29, 1.82) is 0 Å². The van der Waals surface area contributed by atoms with Crippen molar-refractivity contribution in [3.05, 3.63) is 28.2 Å². The minimum atomic E-state index is -0.376. The summed E-state index contributed by atoms with van der Waals surface area (Å²) in [4.78, 5) is 22.1. The minimum Gasteiger partial charge on any atom is -0.488 e. The highest BCUT2D eigenvalue weighted by Gasteiger charge is 2.05. The lowest BCUT2D eigenvalue weighted by Crippen LogP contribution is -2.15. The molecule has 0 aromatic carbocycles. The molecule has 1 amide bonds. The predicted octanol–water partition coefficient (Wildman–Crippen LogP) is 0.768. The maximum atomic E-state index is 11.6. The van der Waals surface area contributed by atoms with Crippen LogP contribution in [0.3, 0.4) is 0 Å². The van der Waals surface area contributed by atoms with Gasteiger partial charge in [0, 0.05) is 25.2 Å². The van der Waals surface area contributed by atoms with Crippen molar-refractivity contribution < 1.29 is 9.53 Å². The fourth-order valence-corrected chi connectivity index (χ4v) is 1.58. The Kier molecular flexibility index (Phi) is 5.03. The number of carbonyl (C=O) groups is 1. The van der Waals surface area contributed by atoms with Crippen molar-refractivity contribution in [2.75, 3.05) is 6.61 Å². The number of rotatable bonds is 6. The first-order chi connectivity index (χ1) is 8.04. The summed E-state index contributed by atoms with van der Waals surface area (Å²) in [6.45, 7) is 0.290. The Balaban J connectivity index is 2.63. The van der Waals surface area contributed by atoms with Crippen molar-refractivity contribution in [1.82, 2.24) is 4.57 Å². The standard InChI is InChI=1S/C11H15ClN2O3/c1-14-7-10(9(15)5-8(14)6-12)17-4-2-3-11(13)16/h5,7H,2-4,6H2,1H3,(H2,13,16). The second-order valence-electron chi connectivity index (χ2n) is 3.66. The summed E-state index contributed by atoms with van der Waals surface area (Å²) >= 11 is 5.67. The molecule has 0 radical (unpaired) electrons. The van der Waals surface area contributed by atoms with E-state index in [0.29, 0.717) is 13.0 Å². The lowest BCUT2D eigenvalue weighted by Gasteiger charge is -2.09. The van der Waals surface area contributed by atoms with Crippen LogP contribution in [0.15, 0.2) is 17.1 Å². The molecule has 0 spiro atoms. The second kappa shape index (κ2) is 6.30. The van der Waals surface area contributed by atoms with E-state index in [4.69, 9.17) is 22.1 Å². The number of ether oxygens (including phenoxy) is 1. The Hall–Kier alpha value is -1.49. The number of aromatic nitrogens is 1. The van der Waals surface area contributed by atoms with Crippen LogP contribution in [0.4, 0.5) is 0 Å². The summed E-state index contributed by atoms with van der Waals surface area (Å²) < 4.78 is 7.02. The highest BCUT2D eigenvalue weighted by molar-refractivity contribution is 6.16. The van der Waals surface area contributed by atoms with Gasteiger partial charge in [0.2, 0.25) is 11.3 Å². The van der Waals surface area contributed by atoms with E-state index in [1.54, 1.807) is 17.8 Å². The molecule has 0 aliphatic carbocycles. The quantitative estimate of drug-likeness (QED) is 0.605. The van der Waals surface area contributed by atoms with Gasteiger partial charge in [-0.25, -0.2) is 0 Å². The molecular formula is C11H15ClN2O3. The third-order valence-corrected chi connectivity index (χ3v) is 2.54. The molecule has 0 atom stereocenters. The van der Waals surface area contributed by atoms with E-state index in [9.17, 15) is 9.59 Å². The van der Waals surface area contributed by atoms with Gasteiger partial charge in [-0.15, -0.1) is 11.6 Å². The molecule has 1 rings (SSSR count). The number of aryl methyl sites for hydroxylation is 1. The van der Waals surface area contributed by atoms with Gasteiger partial charge < -0.3 is 15.0 Å². The first-order valence-electron chi connectivity index (χ1n) is 5.21. The molecule has 5 nitrogen and oxygen atoms in total. The normalized spacial score (nSPS) is 10.2. The third-order valence-electron chi connectivity index (χ3n) is 2.27. The van der Waals surface area contributed by atoms with E-state index in [0.717, 1.165) is 5.69 Å². The average Bonchev–Trinajstić information content (AvgIpc) is 2.28. The zero-order valence-corrected chi connectivity index (χ0v) is 10.4. The van der Waals surface area contributed by atoms with E-state index in [1.165, 1.54) is 6.07 Å². The van der Waals surface area contributed by atoms with Gasteiger partial charge >= 0.3 is 0 Å². The van der Waals surface area contributed by atoms with Crippen LogP contribution in [-0.2, 0) is 17.7 Å². The second-order valence-corrected chi connectivity index (χ2v) is 3.92. The van der Waals surface area contributed by atoms with Gasteiger partial charge in [-0.3, -0.25) is 9.59 Å². The zero-order chi connectivity index (χ0) is 12.8. The number of halogens is 1. The number of alkyl halides is 1. The molecule has 0 aliphatic rings. The molecule has 0 fully saturated rings. The first-order valence-corrected chi connectivity index (χ1v) is 5.74. The van der Waals surface area contributed by atoms with Crippen LogP contribution in [0.1, 0.15) is 18.5 Å². The Labute approximate surface area is 104 Å². The van der Waals surface area contributed by atoms with Gasteiger partial charge in [-0.1, -0.05) is 0 Å². The largest absolute Gasteiger partial charge is 0.488 e. The van der Waals surface area contributed by atoms with Crippen molar-refractivity contribution in [3.63, 3.8) is 0 Å². The maximum Gasteiger partial charge on any atom is 0.223 e. The average molecular weight is 259 g/mol. The molecule has 1 heterocycles. The van der Waals surface area contributed by atoms with E-state index in [2.05, 4.69) is 0 Å². The van der Waals surface area contributed by atoms with Crippen LogP contribution in [0, 0.1) is 0 Å². The predicted molar refractivity (Wildman–Crippen MR) is 65.2 cm³/mol. The molecule has 0 bridgehead atoms. The van der Waals surface area contributed by atoms with Crippen molar-refractivity contribution in [2.24, 2.45) is 12.8 Å². The van der Waals surface area contributed by atoms with Gasteiger partial charge in [0.15, 0.2) is 5.75 Å². The summed E-state index contributed by atoms with van der Waals surface area (Å²) in [5.74, 6) is 0.151. The maximum absolute atomic E-state index is 11.6. The third kappa shape index (κ3) is 4.11. The zero-order valence-electron chi connectivity index (χ0n) is 9.61. The van der Waals surface area contributed by atoms with Gasteiger partial charge in [0.25, 0.3) is 0 Å². The first kappa shape index (κ1) is 13.6. The molecule has 2 N–H and O–H groups in total. The number of hydrogen-bond donors (Lipinski definition) is 1. The molecule has 6 heteroatoms. The number of pyridine rings is 1. The fourth-order valence-electron chi connectivity index (χ4n) is 1.32. The van der Waals surface area contributed by atoms with Crippen LogP contribution in [0.25, 0.3) is 0 Å². The van der Waals surface area contributed by atoms with Crippen LogP contribution >= 0.6 is 11.6 Å². The van der Waals surface area contributed by atoms with E-state index in [1.807, 2.05) is 0 Å². The monoisotopic (exact) mass is 258 g/mol. The summed E-state index contributed by atoms with van der Waals surface area (Å²) in [5, 5.41) is 0. The van der Waals surface area contributed by atoms with Crippen LogP contribution in [-0.4, -0.2) is 17.1 Å². The van der Waals surface area contributed by atoms with E-state index >= 15 is 0 Å². The van der Waals surface area contributed by atoms with Crippen LogP contribution in [0.5, 0.6) is 5.75 Å².